The van der Waals surface area contributed by atoms with Gasteiger partial charge < -0.3 is 10.6 Å². The van der Waals surface area contributed by atoms with Crippen LogP contribution in [0.4, 0.5) is 0 Å². The molecule has 0 radical (unpaired) electrons. The van der Waals surface area contributed by atoms with E-state index in [0.717, 1.165) is 21.5 Å². The third kappa shape index (κ3) is 3.67. The molecule has 3 heterocycles. The van der Waals surface area contributed by atoms with E-state index in [2.05, 4.69) is 49.9 Å². The van der Waals surface area contributed by atoms with Crippen molar-refractivity contribution in [3.05, 3.63) is 40.2 Å². The van der Waals surface area contributed by atoms with Crippen molar-refractivity contribution in [3.8, 4) is 0 Å². The summed E-state index contributed by atoms with van der Waals surface area (Å²) in [5.41, 5.74) is 0.826. The molecule has 0 bridgehead atoms. The van der Waals surface area contributed by atoms with Crippen LogP contribution in [0, 0.1) is 0 Å². The van der Waals surface area contributed by atoms with E-state index in [9.17, 15) is 0 Å². The summed E-state index contributed by atoms with van der Waals surface area (Å²) in [4.78, 5) is 4.22. The fraction of sp³-hybridized carbons (Fsp3) is 0.400. The maximum absolute atomic E-state index is 4.22. The Hall–Kier alpha value is -2.55. The quantitative estimate of drug-likeness (QED) is 0.539. The average Bonchev–Trinajstić information content (AvgIpc) is 3.22. The fourth-order valence-corrected chi connectivity index (χ4v) is 2.91. The zero-order valence-corrected chi connectivity index (χ0v) is 14.7. The van der Waals surface area contributed by atoms with E-state index >= 15 is 0 Å². The second-order valence-electron chi connectivity index (χ2n) is 5.51. The fourth-order valence-electron chi connectivity index (χ4n) is 2.13. The molecule has 8 nitrogen and oxygen atoms in total. The smallest absolute Gasteiger partial charge is 0.191 e. The lowest BCUT2D eigenvalue weighted by Crippen LogP contribution is -2.36. The van der Waals surface area contributed by atoms with E-state index in [1.165, 1.54) is 0 Å². The maximum atomic E-state index is 4.22. The lowest BCUT2D eigenvalue weighted by molar-refractivity contribution is 0.754. The lowest BCUT2D eigenvalue weighted by Gasteiger charge is -2.09. The number of hydrogen-bond donors (Lipinski definition) is 2. The van der Waals surface area contributed by atoms with Gasteiger partial charge in [-0.15, -0.1) is 20.4 Å². The summed E-state index contributed by atoms with van der Waals surface area (Å²) >= 11 is 1.62. The van der Waals surface area contributed by atoms with Crippen molar-refractivity contribution in [3.63, 3.8) is 0 Å². The summed E-state index contributed by atoms with van der Waals surface area (Å²) in [6, 6.07) is 5.81. The van der Waals surface area contributed by atoms with E-state index < -0.39 is 0 Å². The van der Waals surface area contributed by atoms with Crippen molar-refractivity contribution in [1.29, 1.82) is 0 Å². The summed E-state index contributed by atoms with van der Waals surface area (Å²) in [6.45, 7) is 5.34. The number of pyridine rings is 1. The summed E-state index contributed by atoms with van der Waals surface area (Å²) < 4.78 is 1.94. The van der Waals surface area contributed by atoms with E-state index in [4.69, 9.17) is 0 Å². The monoisotopic (exact) mass is 344 g/mol. The first-order valence-corrected chi connectivity index (χ1v) is 8.54. The van der Waals surface area contributed by atoms with E-state index in [0.29, 0.717) is 25.0 Å². The molecule has 3 rings (SSSR count). The molecule has 0 amide bonds. The van der Waals surface area contributed by atoms with Gasteiger partial charge in [-0.05, 0) is 12.1 Å². The zero-order chi connectivity index (χ0) is 16.9. The molecule has 0 aromatic carbocycles. The summed E-state index contributed by atoms with van der Waals surface area (Å²) in [5.74, 6) is 1.91. The molecule has 0 aliphatic heterocycles. The third-order valence-corrected chi connectivity index (χ3v) is 4.63. The molecule has 0 unspecified atom stereocenters. The van der Waals surface area contributed by atoms with Gasteiger partial charge in [-0.25, -0.2) is 0 Å². The predicted octanol–water partition coefficient (Wildman–Crippen LogP) is 1.57. The number of hydrogen-bond acceptors (Lipinski definition) is 6. The van der Waals surface area contributed by atoms with Crippen LogP contribution in [0.3, 0.4) is 0 Å². The second-order valence-corrected chi connectivity index (χ2v) is 6.61. The second kappa shape index (κ2) is 7.35. The normalized spacial score (nSPS) is 12.1. The van der Waals surface area contributed by atoms with E-state index in [1.54, 1.807) is 18.4 Å². The Bertz CT molecular complexity index is 835. The minimum absolute atomic E-state index is 0.398. The predicted molar refractivity (Wildman–Crippen MR) is 94.0 cm³/mol. The minimum Gasteiger partial charge on any atom is -0.350 e. The third-order valence-electron chi connectivity index (χ3n) is 3.41. The van der Waals surface area contributed by atoms with Crippen LogP contribution in [-0.4, -0.2) is 37.8 Å². The van der Waals surface area contributed by atoms with Crippen LogP contribution in [0.2, 0.25) is 0 Å². The highest BCUT2D eigenvalue weighted by molar-refractivity contribution is 7.11. The molecule has 0 saturated heterocycles. The number of aromatic nitrogens is 5. The Morgan fingerprint density at radius 2 is 2.00 bits per heavy atom. The average molecular weight is 344 g/mol. The van der Waals surface area contributed by atoms with Crippen molar-refractivity contribution in [2.45, 2.75) is 32.9 Å². The molecule has 0 atom stereocenters. The van der Waals surface area contributed by atoms with Crippen molar-refractivity contribution in [2.24, 2.45) is 4.99 Å². The van der Waals surface area contributed by atoms with Gasteiger partial charge in [0.15, 0.2) is 17.4 Å². The van der Waals surface area contributed by atoms with Gasteiger partial charge in [-0.1, -0.05) is 31.3 Å². The summed E-state index contributed by atoms with van der Waals surface area (Å²) in [6.07, 6.45) is 1.94. The van der Waals surface area contributed by atoms with Crippen LogP contribution in [-0.2, 0) is 13.1 Å². The van der Waals surface area contributed by atoms with Gasteiger partial charge in [-0.3, -0.25) is 9.39 Å². The van der Waals surface area contributed by atoms with Gasteiger partial charge in [0.1, 0.15) is 10.0 Å². The highest BCUT2D eigenvalue weighted by Gasteiger charge is 2.09. The Morgan fingerprint density at radius 1 is 1.17 bits per heavy atom. The molecule has 2 N–H and O–H groups in total. The molecular formula is C15H20N8S. The molecule has 0 fully saturated rings. The molecule has 0 aliphatic carbocycles. The Balaban J connectivity index is 1.57. The topological polar surface area (TPSA) is 92.4 Å². The SMILES string of the molecule is CN=C(NCc1nnc(C(C)C)s1)NCc1nnc2ccccn12. The molecule has 0 aliphatic rings. The van der Waals surface area contributed by atoms with Gasteiger partial charge in [-0.2, -0.15) is 0 Å². The number of aliphatic imine (C=N–C) groups is 1. The molecule has 0 spiro atoms. The van der Waals surface area contributed by atoms with Gasteiger partial charge in [0.2, 0.25) is 0 Å². The number of rotatable bonds is 5. The molecule has 126 valence electrons. The number of fused-ring (bicyclic) bond motifs is 1. The van der Waals surface area contributed by atoms with Crippen LogP contribution in [0.1, 0.15) is 35.6 Å². The minimum atomic E-state index is 0.398. The van der Waals surface area contributed by atoms with Crippen LogP contribution in [0.25, 0.3) is 5.65 Å². The van der Waals surface area contributed by atoms with Gasteiger partial charge in [0.05, 0.1) is 13.1 Å². The number of nitrogens with zero attached hydrogens (tertiary/aromatic N) is 6. The van der Waals surface area contributed by atoms with Crippen LogP contribution >= 0.6 is 11.3 Å². The Morgan fingerprint density at radius 3 is 2.75 bits per heavy atom. The van der Waals surface area contributed by atoms with Crippen molar-refractivity contribution >= 4 is 22.9 Å². The molecule has 24 heavy (non-hydrogen) atoms. The van der Waals surface area contributed by atoms with E-state index in [1.807, 2.05) is 28.8 Å². The highest BCUT2D eigenvalue weighted by Crippen LogP contribution is 2.18. The summed E-state index contributed by atoms with van der Waals surface area (Å²) in [7, 11) is 1.73. The first-order valence-electron chi connectivity index (χ1n) is 7.73. The first kappa shape index (κ1) is 16.3. The molecule has 3 aromatic rings. The van der Waals surface area contributed by atoms with Gasteiger partial charge >= 0.3 is 0 Å². The van der Waals surface area contributed by atoms with E-state index in [-0.39, 0.29) is 0 Å². The van der Waals surface area contributed by atoms with Crippen molar-refractivity contribution in [2.75, 3.05) is 7.05 Å². The molecule has 9 heteroatoms. The molecular weight excluding hydrogens is 324 g/mol. The zero-order valence-electron chi connectivity index (χ0n) is 13.9. The Kier molecular flexibility index (Phi) is 4.99. The van der Waals surface area contributed by atoms with Crippen LogP contribution < -0.4 is 10.6 Å². The maximum Gasteiger partial charge on any atom is 0.191 e. The standard InChI is InChI=1S/C15H20N8S/c1-10(2)14-22-21-13(24-14)9-18-15(16-3)17-8-12-20-19-11-6-4-5-7-23(11)12/h4-7,10H,8-9H2,1-3H3,(H2,16,17,18). The number of guanidine groups is 1. The van der Waals surface area contributed by atoms with Crippen LogP contribution in [0.5, 0.6) is 0 Å². The highest BCUT2D eigenvalue weighted by atomic mass is 32.1. The Labute approximate surface area is 144 Å². The lowest BCUT2D eigenvalue weighted by atomic mass is 10.2. The largest absolute Gasteiger partial charge is 0.350 e. The van der Waals surface area contributed by atoms with Crippen molar-refractivity contribution < 1.29 is 0 Å². The first-order chi connectivity index (χ1) is 11.7. The molecule has 0 saturated carbocycles. The number of nitrogens with one attached hydrogen (secondary N) is 2. The molecule has 3 aromatic heterocycles. The van der Waals surface area contributed by atoms with Crippen molar-refractivity contribution in [1.82, 2.24) is 35.4 Å². The van der Waals surface area contributed by atoms with Crippen LogP contribution in [0.15, 0.2) is 29.4 Å². The van der Waals surface area contributed by atoms with Gasteiger partial charge in [0, 0.05) is 19.2 Å². The van der Waals surface area contributed by atoms with Gasteiger partial charge in [0.25, 0.3) is 0 Å². The summed E-state index contributed by atoms with van der Waals surface area (Å²) in [5, 5.41) is 25.2.